The Hall–Kier alpha value is -0.340. The van der Waals surface area contributed by atoms with E-state index < -0.39 is 0 Å². The molecule has 1 aromatic heterocycles. The lowest BCUT2D eigenvalue weighted by atomic mass is 9.78. The van der Waals surface area contributed by atoms with Gasteiger partial charge in [-0.25, -0.2) is 0 Å². The molecule has 1 heterocycles. The standard InChI is InChI=1S/C17H29NS/c1-4-18-12-11-17(8-5-6-9-17)10-7-16-14(2)13-15(3)19-16/h13,18H,4-12H2,1-3H3. The van der Waals surface area contributed by atoms with Crippen LogP contribution in [0.4, 0.5) is 0 Å². The maximum absolute atomic E-state index is 3.52. The van der Waals surface area contributed by atoms with Gasteiger partial charge in [-0.2, -0.15) is 0 Å². The summed E-state index contributed by atoms with van der Waals surface area (Å²) >= 11 is 2.01. The Morgan fingerprint density at radius 1 is 1.21 bits per heavy atom. The number of thiophene rings is 1. The normalized spacial score (nSPS) is 18.1. The van der Waals surface area contributed by atoms with Crippen molar-refractivity contribution in [2.75, 3.05) is 13.1 Å². The van der Waals surface area contributed by atoms with Crippen molar-refractivity contribution in [1.82, 2.24) is 5.32 Å². The highest BCUT2D eigenvalue weighted by Crippen LogP contribution is 2.45. The molecule has 0 amide bonds. The maximum atomic E-state index is 3.52. The topological polar surface area (TPSA) is 12.0 Å². The second-order valence-corrected chi connectivity index (χ2v) is 7.61. The van der Waals surface area contributed by atoms with Crippen molar-refractivity contribution in [3.05, 3.63) is 21.4 Å². The quantitative estimate of drug-likeness (QED) is 0.703. The van der Waals surface area contributed by atoms with Crippen molar-refractivity contribution in [3.8, 4) is 0 Å². The molecule has 2 rings (SSSR count). The van der Waals surface area contributed by atoms with Gasteiger partial charge in [0, 0.05) is 9.75 Å². The van der Waals surface area contributed by atoms with Crippen molar-refractivity contribution in [2.45, 2.75) is 65.7 Å². The lowest BCUT2D eigenvalue weighted by Gasteiger charge is -2.29. The van der Waals surface area contributed by atoms with Gasteiger partial charge in [0.2, 0.25) is 0 Å². The van der Waals surface area contributed by atoms with Crippen molar-refractivity contribution in [3.63, 3.8) is 0 Å². The van der Waals surface area contributed by atoms with Crippen LogP contribution in [-0.4, -0.2) is 13.1 Å². The molecule has 0 bridgehead atoms. The van der Waals surface area contributed by atoms with E-state index in [1.165, 1.54) is 61.9 Å². The summed E-state index contributed by atoms with van der Waals surface area (Å²) in [5.41, 5.74) is 2.16. The van der Waals surface area contributed by atoms with Crippen molar-refractivity contribution in [1.29, 1.82) is 0 Å². The summed E-state index contributed by atoms with van der Waals surface area (Å²) in [6, 6.07) is 2.35. The minimum Gasteiger partial charge on any atom is -0.317 e. The van der Waals surface area contributed by atoms with Gasteiger partial charge in [-0.15, -0.1) is 11.3 Å². The van der Waals surface area contributed by atoms with E-state index in [2.05, 4.69) is 32.2 Å². The number of hydrogen-bond donors (Lipinski definition) is 1. The highest BCUT2D eigenvalue weighted by Gasteiger charge is 2.32. The first kappa shape index (κ1) is 15.1. The first-order chi connectivity index (χ1) is 9.15. The van der Waals surface area contributed by atoms with E-state index in [9.17, 15) is 0 Å². The molecule has 19 heavy (non-hydrogen) atoms. The zero-order valence-electron chi connectivity index (χ0n) is 12.8. The Labute approximate surface area is 122 Å². The molecular weight excluding hydrogens is 250 g/mol. The predicted octanol–water partition coefficient (Wildman–Crippen LogP) is 4.86. The Kier molecular flexibility index (Phi) is 5.47. The molecule has 0 aliphatic heterocycles. The molecule has 1 N–H and O–H groups in total. The summed E-state index contributed by atoms with van der Waals surface area (Å²) in [6.45, 7) is 9.04. The fourth-order valence-corrected chi connectivity index (χ4v) is 4.65. The fraction of sp³-hybridized carbons (Fsp3) is 0.765. The monoisotopic (exact) mass is 279 g/mol. The van der Waals surface area contributed by atoms with Crippen molar-refractivity contribution in [2.24, 2.45) is 5.41 Å². The third kappa shape index (κ3) is 4.06. The molecule has 0 saturated heterocycles. The maximum Gasteiger partial charge on any atom is 0.00774 e. The SMILES string of the molecule is CCNCCC1(CCc2sc(C)cc2C)CCCC1. The zero-order valence-corrected chi connectivity index (χ0v) is 13.7. The molecule has 1 saturated carbocycles. The molecule has 0 radical (unpaired) electrons. The van der Waals surface area contributed by atoms with E-state index in [4.69, 9.17) is 0 Å². The van der Waals surface area contributed by atoms with Gasteiger partial charge >= 0.3 is 0 Å². The fourth-order valence-electron chi connectivity index (χ4n) is 3.60. The van der Waals surface area contributed by atoms with E-state index in [1.807, 2.05) is 11.3 Å². The summed E-state index contributed by atoms with van der Waals surface area (Å²) in [7, 11) is 0. The lowest BCUT2D eigenvalue weighted by molar-refractivity contribution is 0.246. The molecule has 108 valence electrons. The smallest absolute Gasteiger partial charge is 0.00774 e. The van der Waals surface area contributed by atoms with Crippen molar-refractivity contribution >= 4 is 11.3 Å². The van der Waals surface area contributed by atoms with Gasteiger partial charge in [0.25, 0.3) is 0 Å². The summed E-state index contributed by atoms with van der Waals surface area (Å²) in [6.07, 6.45) is 9.91. The minimum atomic E-state index is 0.645. The number of hydrogen-bond acceptors (Lipinski definition) is 2. The Balaban J connectivity index is 1.91. The number of rotatable bonds is 7. The van der Waals surface area contributed by atoms with Crippen LogP contribution >= 0.6 is 11.3 Å². The van der Waals surface area contributed by atoms with E-state index in [0.29, 0.717) is 5.41 Å². The predicted molar refractivity (Wildman–Crippen MR) is 86.2 cm³/mol. The average Bonchev–Trinajstić information content (AvgIpc) is 2.95. The van der Waals surface area contributed by atoms with Gasteiger partial charge in [0.05, 0.1) is 0 Å². The van der Waals surface area contributed by atoms with Crippen LogP contribution < -0.4 is 5.32 Å². The lowest BCUT2D eigenvalue weighted by Crippen LogP contribution is -2.25. The van der Waals surface area contributed by atoms with Gasteiger partial charge < -0.3 is 5.32 Å². The van der Waals surface area contributed by atoms with E-state index in [1.54, 1.807) is 4.88 Å². The van der Waals surface area contributed by atoms with Gasteiger partial charge in [0.15, 0.2) is 0 Å². The van der Waals surface area contributed by atoms with Crippen LogP contribution in [0.2, 0.25) is 0 Å². The third-order valence-electron chi connectivity index (χ3n) is 4.77. The highest BCUT2D eigenvalue weighted by molar-refractivity contribution is 7.12. The van der Waals surface area contributed by atoms with E-state index in [0.717, 1.165) is 6.54 Å². The first-order valence-corrected chi connectivity index (χ1v) is 8.73. The highest BCUT2D eigenvalue weighted by atomic mass is 32.1. The van der Waals surface area contributed by atoms with Crippen LogP contribution in [-0.2, 0) is 6.42 Å². The van der Waals surface area contributed by atoms with E-state index in [-0.39, 0.29) is 0 Å². The van der Waals surface area contributed by atoms with Crippen LogP contribution in [0.15, 0.2) is 6.07 Å². The van der Waals surface area contributed by atoms with Gasteiger partial charge in [-0.1, -0.05) is 19.8 Å². The second kappa shape index (κ2) is 6.90. The Morgan fingerprint density at radius 2 is 1.95 bits per heavy atom. The van der Waals surface area contributed by atoms with Crippen LogP contribution in [0.25, 0.3) is 0 Å². The molecule has 0 unspecified atom stereocenters. The molecule has 1 aliphatic carbocycles. The summed E-state index contributed by atoms with van der Waals surface area (Å²) in [5.74, 6) is 0. The molecule has 1 aliphatic rings. The molecule has 1 nitrogen and oxygen atoms in total. The van der Waals surface area contributed by atoms with Crippen LogP contribution in [0.3, 0.4) is 0 Å². The minimum absolute atomic E-state index is 0.645. The first-order valence-electron chi connectivity index (χ1n) is 7.92. The molecule has 0 atom stereocenters. The molecule has 0 aromatic carbocycles. The van der Waals surface area contributed by atoms with Crippen LogP contribution in [0.1, 0.15) is 60.8 Å². The Morgan fingerprint density at radius 3 is 2.53 bits per heavy atom. The molecular formula is C17H29NS. The molecule has 2 heteroatoms. The summed E-state index contributed by atoms with van der Waals surface area (Å²) in [5, 5.41) is 3.52. The number of aryl methyl sites for hydroxylation is 3. The van der Waals surface area contributed by atoms with Crippen LogP contribution in [0.5, 0.6) is 0 Å². The average molecular weight is 279 g/mol. The summed E-state index contributed by atoms with van der Waals surface area (Å²) < 4.78 is 0. The van der Waals surface area contributed by atoms with Gasteiger partial charge in [-0.05, 0) is 76.1 Å². The second-order valence-electron chi connectivity index (χ2n) is 6.27. The van der Waals surface area contributed by atoms with Crippen LogP contribution in [0, 0.1) is 19.3 Å². The van der Waals surface area contributed by atoms with Gasteiger partial charge in [-0.3, -0.25) is 0 Å². The largest absolute Gasteiger partial charge is 0.317 e. The number of nitrogens with one attached hydrogen (secondary N) is 1. The van der Waals surface area contributed by atoms with Gasteiger partial charge in [0.1, 0.15) is 0 Å². The zero-order chi connectivity index (χ0) is 13.7. The molecule has 1 fully saturated rings. The summed E-state index contributed by atoms with van der Waals surface area (Å²) in [4.78, 5) is 3.10. The van der Waals surface area contributed by atoms with Crippen molar-refractivity contribution < 1.29 is 0 Å². The van der Waals surface area contributed by atoms with E-state index >= 15 is 0 Å². The third-order valence-corrected chi connectivity index (χ3v) is 5.98. The molecule has 1 aromatic rings. The molecule has 0 spiro atoms. The Bertz CT molecular complexity index is 388.